The average Bonchev–Trinajstić information content (AvgIpc) is 3.85. The van der Waals surface area contributed by atoms with Crippen LogP contribution >= 0.6 is 23.2 Å². The second-order valence-electron chi connectivity index (χ2n) is 12.4. The lowest BCUT2D eigenvalue weighted by molar-refractivity contribution is -0.126. The van der Waals surface area contributed by atoms with Crippen molar-refractivity contribution in [2.75, 3.05) is 11.5 Å². The van der Waals surface area contributed by atoms with Gasteiger partial charge < -0.3 is 9.30 Å². The van der Waals surface area contributed by atoms with Crippen molar-refractivity contribution >= 4 is 63.5 Å². The van der Waals surface area contributed by atoms with Gasteiger partial charge >= 0.3 is 5.97 Å². The zero-order chi connectivity index (χ0) is 35.7. The van der Waals surface area contributed by atoms with Crippen LogP contribution in [-0.2, 0) is 23.0 Å². The molecule has 2 aliphatic heterocycles. The molecule has 2 aliphatic rings. The van der Waals surface area contributed by atoms with Crippen LogP contribution in [0.15, 0.2) is 83.8 Å². The summed E-state index contributed by atoms with van der Waals surface area (Å²) in [4.78, 5) is 67.5. The van der Waals surface area contributed by atoms with E-state index in [0.29, 0.717) is 44.9 Å². The molecule has 2 amide bonds. The number of imide groups is 1. The minimum atomic E-state index is -0.843. The number of carbonyl (C=O) groups excluding carboxylic acids is 4. The van der Waals surface area contributed by atoms with Crippen molar-refractivity contribution in [3.05, 3.63) is 122 Å². The molecule has 51 heavy (non-hydrogen) atoms. The topological polar surface area (TPSA) is 151 Å². The molecule has 13 nitrogen and oxygen atoms in total. The van der Waals surface area contributed by atoms with Crippen LogP contribution in [0.4, 0.5) is 5.82 Å². The summed E-state index contributed by atoms with van der Waals surface area (Å²) in [5.41, 5.74) is 3.26. The van der Waals surface area contributed by atoms with Gasteiger partial charge in [0, 0.05) is 34.8 Å². The first-order valence-corrected chi connectivity index (χ1v) is 16.5. The lowest BCUT2D eigenvalue weighted by Crippen LogP contribution is -2.32. The molecule has 8 rings (SSSR count). The Labute approximate surface area is 298 Å². The molecular formula is C36H25Cl2N7O6. The Balaban J connectivity index is 1.01. The number of aryl methyl sites for hydroxylation is 1. The summed E-state index contributed by atoms with van der Waals surface area (Å²) in [7, 11) is 1.63. The molecular weight excluding hydrogens is 697 g/mol. The van der Waals surface area contributed by atoms with Crippen LogP contribution in [0.3, 0.4) is 0 Å². The number of ether oxygens (including phenoxy) is 1. The quantitative estimate of drug-likeness (QED) is 0.159. The van der Waals surface area contributed by atoms with Crippen LogP contribution in [0.1, 0.15) is 49.7 Å². The Bertz CT molecular complexity index is 2520. The Morgan fingerprint density at radius 2 is 1.67 bits per heavy atom. The molecule has 2 atom stereocenters. The summed E-state index contributed by atoms with van der Waals surface area (Å²) in [6.45, 7) is 1.30. The molecule has 3 aromatic carbocycles. The number of amides is 2. The second-order valence-corrected chi connectivity index (χ2v) is 13.3. The van der Waals surface area contributed by atoms with Crippen LogP contribution in [0, 0.1) is 5.92 Å². The van der Waals surface area contributed by atoms with Crippen LogP contribution < -0.4 is 10.5 Å². The van der Waals surface area contributed by atoms with Gasteiger partial charge in [-0.2, -0.15) is 5.10 Å². The lowest BCUT2D eigenvalue weighted by atomic mass is 9.98. The van der Waals surface area contributed by atoms with Crippen molar-refractivity contribution in [1.29, 1.82) is 0 Å². The molecule has 0 radical (unpaired) electrons. The summed E-state index contributed by atoms with van der Waals surface area (Å²) in [5.74, 6) is -2.27. The zero-order valence-electron chi connectivity index (χ0n) is 26.9. The fourth-order valence-corrected chi connectivity index (χ4v) is 7.24. The van der Waals surface area contributed by atoms with Gasteiger partial charge in [0.2, 0.25) is 0 Å². The first-order valence-electron chi connectivity index (χ1n) is 15.8. The first-order chi connectivity index (χ1) is 24.5. The normalized spacial score (nSPS) is 16.5. The van der Waals surface area contributed by atoms with E-state index in [1.54, 1.807) is 55.6 Å². The van der Waals surface area contributed by atoms with Gasteiger partial charge in [-0.25, -0.2) is 14.4 Å². The van der Waals surface area contributed by atoms with Gasteiger partial charge in [0.05, 0.1) is 34.1 Å². The Morgan fingerprint density at radius 3 is 2.37 bits per heavy atom. The highest BCUT2D eigenvalue weighted by Crippen LogP contribution is 2.36. The van der Waals surface area contributed by atoms with Gasteiger partial charge in [-0.1, -0.05) is 47.5 Å². The Hall–Kier alpha value is -5.92. The van der Waals surface area contributed by atoms with Crippen LogP contribution in [0.5, 0.6) is 0 Å². The van der Waals surface area contributed by atoms with Crippen LogP contribution in [0.2, 0.25) is 10.2 Å². The molecule has 0 saturated heterocycles. The number of fused-ring (bicyclic) bond motifs is 3. The van der Waals surface area contributed by atoms with Gasteiger partial charge in [-0.3, -0.25) is 23.9 Å². The number of pyridine rings is 1. The number of aromatic nitrogens is 6. The van der Waals surface area contributed by atoms with E-state index in [4.69, 9.17) is 27.9 Å². The molecule has 15 heteroatoms. The third-order valence-electron chi connectivity index (χ3n) is 9.23. The van der Waals surface area contributed by atoms with Crippen molar-refractivity contribution < 1.29 is 23.9 Å². The number of rotatable bonds is 7. The van der Waals surface area contributed by atoms with E-state index >= 15 is 0 Å². The fraction of sp³-hybridized carbons (Fsp3) is 0.167. The number of carbonyl (C=O) groups is 4. The maximum absolute atomic E-state index is 13.6. The highest BCUT2D eigenvalue weighted by Gasteiger charge is 2.39. The predicted octanol–water partition coefficient (Wildman–Crippen LogP) is 5.25. The molecule has 0 fully saturated rings. The van der Waals surface area contributed by atoms with E-state index in [2.05, 4.69) is 15.4 Å². The molecule has 0 aliphatic carbocycles. The molecule has 6 aromatic rings. The van der Waals surface area contributed by atoms with Gasteiger partial charge in [-0.15, -0.1) is 5.10 Å². The van der Waals surface area contributed by atoms with Crippen LogP contribution in [-0.4, -0.2) is 59.5 Å². The molecule has 3 aromatic heterocycles. The molecule has 0 saturated carbocycles. The minimum absolute atomic E-state index is 0.139. The summed E-state index contributed by atoms with van der Waals surface area (Å²) >= 11 is 12.3. The number of ketones is 1. The number of hydrogen-bond acceptors (Lipinski definition) is 9. The number of halogens is 2. The molecule has 0 bridgehead atoms. The largest absolute Gasteiger partial charge is 0.454 e. The van der Waals surface area contributed by atoms with Crippen molar-refractivity contribution in [3.8, 4) is 16.8 Å². The highest BCUT2D eigenvalue weighted by molar-refractivity contribution is 6.35. The first kappa shape index (κ1) is 32.3. The number of nitrogens with zero attached hydrogens (tertiary/aromatic N) is 7. The monoisotopic (exact) mass is 721 g/mol. The number of benzene rings is 3. The number of hydrogen-bond donors (Lipinski definition) is 0. The second kappa shape index (κ2) is 12.1. The van der Waals surface area contributed by atoms with Gasteiger partial charge in [-0.05, 0) is 72.5 Å². The van der Waals surface area contributed by atoms with Gasteiger partial charge in [0.15, 0.2) is 23.4 Å². The summed E-state index contributed by atoms with van der Waals surface area (Å²) in [5, 5.41) is 13.4. The maximum Gasteiger partial charge on any atom is 0.338 e. The third kappa shape index (κ3) is 5.32. The minimum Gasteiger partial charge on any atom is -0.454 e. The number of anilines is 1. The molecule has 254 valence electrons. The third-order valence-corrected chi connectivity index (χ3v) is 9.64. The molecule has 0 unspecified atom stereocenters. The van der Waals surface area contributed by atoms with E-state index in [1.807, 2.05) is 13.0 Å². The average molecular weight is 723 g/mol. The fourth-order valence-electron chi connectivity index (χ4n) is 6.94. The number of Topliss-reactive ketones (excluding diaryl/α,β-unsaturated/α-hetero) is 1. The van der Waals surface area contributed by atoms with Gasteiger partial charge in [0.25, 0.3) is 17.4 Å². The smallest absolute Gasteiger partial charge is 0.338 e. The highest BCUT2D eigenvalue weighted by atomic mass is 35.5. The number of esters is 1. The van der Waals surface area contributed by atoms with Crippen molar-refractivity contribution in [2.24, 2.45) is 13.0 Å². The van der Waals surface area contributed by atoms with Crippen LogP contribution in [0.25, 0.3) is 27.7 Å². The van der Waals surface area contributed by atoms with E-state index in [0.717, 1.165) is 4.90 Å². The van der Waals surface area contributed by atoms with E-state index in [-0.39, 0.29) is 33.6 Å². The summed E-state index contributed by atoms with van der Waals surface area (Å²) in [6.07, 6.45) is 1.97. The predicted molar refractivity (Wildman–Crippen MR) is 187 cm³/mol. The summed E-state index contributed by atoms with van der Waals surface area (Å²) in [6, 6.07) is 18.7. The SMILES string of the molecule is C[C@H]1Cc2cc(-c3cc(Cl)ccc3-n3cc(Cl)nn3)cc(=O)n2[C@@H]1C(=O)COC(=O)c1ccc2c(N3C(=O)c4ccccc4C3=O)nn(C)c2c1. The standard InChI is InChI=1S/C36H25Cl2N7O6/c1-18-11-22-12-20(26-15-21(37)8-10-27(26)43-16-30(38)39-41-43)14-31(47)44(22)32(18)29(46)17-51-36(50)19-7-9-25-28(13-19)42(2)40-33(25)45-34(48)23-5-3-4-6-24(23)35(45)49/h3-10,12-16,18,32H,11,17H2,1-2H3/t18-,32-/m0/s1. The molecule has 5 heterocycles. The maximum atomic E-state index is 13.6. The van der Waals surface area contributed by atoms with Crippen molar-refractivity contribution in [1.82, 2.24) is 29.3 Å². The lowest BCUT2D eigenvalue weighted by Gasteiger charge is -2.18. The van der Waals surface area contributed by atoms with Crippen molar-refractivity contribution in [3.63, 3.8) is 0 Å². The summed E-state index contributed by atoms with van der Waals surface area (Å²) < 4.78 is 9.85. The Morgan fingerprint density at radius 1 is 0.922 bits per heavy atom. The van der Waals surface area contributed by atoms with E-state index in [1.165, 1.54) is 38.3 Å². The molecule has 0 spiro atoms. The zero-order valence-corrected chi connectivity index (χ0v) is 28.4. The van der Waals surface area contributed by atoms with Crippen molar-refractivity contribution in [2.45, 2.75) is 19.4 Å². The Kier molecular flexibility index (Phi) is 7.69. The molecule has 0 N–H and O–H groups in total. The van der Waals surface area contributed by atoms with E-state index in [9.17, 15) is 24.0 Å². The van der Waals surface area contributed by atoms with E-state index < -0.39 is 41.8 Å². The van der Waals surface area contributed by atoms with Gasteiger partial charge in [0.1, 0.15) is 6.04 Å².